The molecule has 0 bridgehead atoms. The van der Waals surface area contributed by atoms with Gasteiger partial charge in [0.25, 0.3) is 0 Å². The molecule has 0 spiro atoms. The summed E-state index contributed by atoms with van der Waals surface area (Å²) in [7, 11) is 1.63. The van der Waals surface area contributed by atoms with Crippen molar-refractivity contribution in [1.82, 2.24) is 19.5 Å². The van der Waals surface area contributed by atoms with Crippen LogP contribution in [0.1, 0.15) is 28.2 Å². The number of imidazole rings is 1. The van der Waals surface area contributed by atoms with Crippen molar-refractivity contribution in [2.24, 2.45) is 0 Å². The van der Waals surface area contributed by atoms with Crippen LogP contribution in [-0.4, -0.2) is 26.6 Å². The Morgan fingerprint density at radius 2 is 1.68 bits per heavy atom. The van der Waals surface area contributed by atoms with E-state index < -0.39 is 0 Å². The number of hydrogen-bond acceptors (Lipinski definition) is 6. The molecule has 0 aliphatic rings. The lowest BCUT2D eigenvalue weighted by Crippen LogP contribution is -2.24. The highest BCUT2D eigenvalue weighted by Crippen LogP contribution is 2.30. The summed E-state index contributed by atoms with van der Waals surface area (Å²) in [5.41, 5.74) is 2.09. The molecule has 0 aliphatic heterocycles. The second-order valence-electron chi connectivity index (χ2n) is 7.80. The second kappa shape index (κ2) is 8.59. The van der Waals surface area contributed by atoms with Crippen LogP contribution in [0.2, 0.25) is 0 Å². The highest BCUT2D eigenvalue weighted by atomic mass is 19.1. The standard InChI is InChI=1S/C22H23FN6O.CH4/c1-22(2,3)29-19-18(27-21(29)26-17-8-6-5-7-16(17)23)13-24-20(28-19)25-14-9-11-15(30-4)12-10-14;/h5-13H,1-4H3,(H,26,27)(H,24,25,28);1H4. The summed E-state index contributed by atoms with van der Waals surface area (Å²) >= 11 is 0. The summed E-state index contributed by atoms with van der Waals surface area (Å²) in [5.74, 6) is 1.36. The maximum absolute atomic E-state index is 14.2. The largest absolute Gasteiger partial charge is 0.497 e. The minimum Gasteiger partial charge on any atom is -0.497 e. The molecule has 162 valence electrons. The van der Waals surface area contributed by atoms with Crippen LogP contribution >= 0.6 is 0 Å². The van der Waals surface area contributed by atoms with Gasteiger partial charge in [-0.3, -0.25) is 4.57 Å². The van der Waals surface area contributed by atoms with E-state index in [0.29, 0.717) is 28.7 Å². The number of anilines is 4. The number of ether oxygens (including phenoxy) is 1. The molecule has 0 saturated carbocycles. The van der Waals surface area contributed by atoms with Gasteiger partial charge in [0.05, 0.1) is 19.0 Å². The van der Waals surface area contributed by atoms with Crippen molar-refractivity contribution in [2.45, 2.75) is 33.7 Å². The number of para-hydroxylation sites is 1. The maximum Gasteiger partial charge on any atom is 0.229 e. The van der Waals surface area contributed by atoms with Gasteiger partial charge in [-0.05, 0) is 57.2 Å². The monoisotopic (exact) mass is 422 g/mol. The third kappa shape index (κ3) is 4.58. The summed E-state index contributed by atoms with van der Waals surface area (Å²) in [5, 5.41) is 6.29. The number of rotatable bonds is 5. The van der Waals surface area contributed by atoms with E-state index in [0.717, 1.165) is 11.4 Å². The van der Waals surface area contributed by atoms with Crippen LogP contribution in [0.4, 0.5) is 27.7 Å². The molecule has 0 unspecified atom stereocenters. The SMILES string of the molecule is C.COc1ccc(Nc2ncc3nc(Nc4ccccc4F)n(C(C)(C)C)c3n2)cc1. The van der Waals surface area contributed by atoms with Crippen molar-refractivity contribution in [1.29, 1.82) is 0 Å². The number of halogens is 1. The minimum atomic E-state index is -0.353. The van der Waals surface area contributed by atoms with Gasteiger partial charge in [-0.15, -0.1) is 0 Å². The summed E-state index contributed by atoms with van der Waals surface area (Å²) in [6.45, 7) is 6.12. The van der Waals surface area contributed by atoms with Gasteiger partial charge in [-0.2, -0.15) is 4.98 Å². The summed E-state index contributed by atoms with van der Waals surface area (Å²) in [4.78, 5) is 13.7. The first-order valence-corrected chi connectivity index (χ1v) is 9.54. The first-order valence-electron chi connectivity index (χ1n) is 9.54. The number of nitrogens with one attached hydrogen (secondary N) is 2. The van der Waals surface area contributed by atoms with E-state index in [1.54, 1.807) is 31.5 Å². The lowest BCUT2D eigenvalue weighted by Gasteiger charge is -2.24. The van der Waals surface area contributed by atoms with E-state index in [1.165, 1.54) is 6.07 Å². The van der Waals surface area contributed by atoms with E-state index in [4.69, 9.17) is 4.74 Å². The van der Waals surface area contributed by atoms with Gasteiger partial charge in [0.2, 0.25) is 11.9 Å². The smallest absolute Gasteiger partial charge is 0.229 e. The number of methoxy groups -OCH3 is 1. The molecule has 2 N–H and O–H groups in total. The molecule has 4 rings (SSSR count). The minimum absolute atomic E-state index is 0. The van der Waals surface area contributed by atoms with Gasteiger partial charge in [0.15, 0.2) is 5.65 Å². The van der Waals surface area contributed by atoms with Crippen molar-refractivity contribution >= 4 is 34.4 Å². The predicted molar refractivity (Wildman–Crippen MR) is 123 cm³/mol. The molecule has 2 aromatic heterocycles. The van der Waals surface area contributed by atoms with E-state index in [-0.39, 0.29) is 18.8 Å². The van der Waals surface area contributed by atoms with Gasteiger partial charge < -0.3 is 15.4 Å². The van der Waals surface area contributed by atoms with Crippen molar-refractivity contribution < 1.29 is 9.13 Å². The van der Waals surface area contributed by atoms with Crippen LogP contribution in [0, 0.1) is 5.82 Å². The third-order valence-electron chi connectivity index (χ3n) is 4.54. The number of benzene rings is 2. The Bertz CT molecular complexity index is 1180. The van der Waals surface area contributed by atoms with Crippen molar-refractivity contribution in [3.8, 4) is 5.75 Å². The highest BCUT2D eigenvalue weighted by molar-refractivity contribution is 5.77. The van der Waals surface area contributed by atoms with Gasteiger partial charge in [-0.25, -0.2) is 14.4 Å². The van der Waals surface area contributed by atoms with Gasteiger partial charge in [0.1, 0.15) is 17.1 Å². The molecule has 7 nitrogen and oxygen atoms in total. The van der Waals surface area contributed by atoms with Crippen LogP contribution in [0.15, 0.2) is 54.7 Å². The Kier molecular flexibility index (Phi) is 6.10. The molecule has 0 atom stereocenters. The van der Waals surface area contributed by atoms with Crippen molar-refractivity contribution in [2.75, 3.05) is 17.7 Å². The zero-order valence-electron chi connectivity index (χ0n) is 17.3. The van der Waals surface area contributed by atoms with E-state index in [9.17, 15) is 4.39 Å². The van der Waals surface area contributed by atoms with Crippen molar-refractivity contribution in [3.05, 3.63) is 60.5 Å². The fourth-order valence-corrected chi connectivity index (χ4v) is 3.14. The highest BCUT2D eigenvalue weighted by Gasteiger charge is 2.24. The average molecular weight is 423 g/mol. The molecule has 0 radical (unpaired) electrons. The fourth-order valence-electron chi connectivity index (χ4n) is 3.14. The molecule has 8 heteroatoms. The number of hydrogen-bond donors (Lipinski definition) is 2. The Morgan fingerprint density at radius 1 is 0.968 bits per heavy atom. The molecule has 4 aromatic rings. The van der Waals surface area contributed by atoms with Crippen LogP contribution in [0.5, 0.6) is 5.75 Å². The topological polar surface area (TPSA) is 76.9 Å². The Labute approximate surface area is 181 Å². The van der Waals surface area contributed by atoms with Crippen LogP contribution < -0.4 is 15.4 Å². The molecule has 0 aliphatic carbocycles. The summed E-state index contributed by atoms with van der Waals surface area (Å²) in [6, 6.07) is 14.0. The zero-order chi connectivity index (χ0) is 21.3. The molecule has 2 aromatic carbocycles. The molecular weight excluding hydrogens is 395 g/mol. The van der Waals surface area contributed by atoms with E-state index >= 15 is 0 Å². The number of aromatic nitrogens is 4. The maximum atomic E-state index is 14.2. The Hall–Kier alpha value is -3.68. The van der Waals surface area contributed by atoms with Gasteiger partial charge in [-0.1, -0.05) is 19.6 Å². The number of nitrogens with zero attached hydrogens (tertiary/aromatic N) is 4. The first kappa shape index (κ1) is 22.0. The van der Waals surface area contributed by atoms with Crippen LogP contribution in [0.25, 0.3) is 11.2 Å². The normalized spacial score (nSPS) is 11.1. The zero-order valence-corrected chi connectivity index (χ0v) is 17.3. The van der Waals surface area contributed by atoms with Crippen LogP contribution in [-0.2, 0) is 5.54 Å². The fraction of sp³-hybridized carbons (Fsp3) is 0.261. The molecule has 0 saturated heterocycles. The Balaban J connectivity index is 0.00000272. The number of fused-ring (bicyclic) bond motifs is 1. The molecule has 2 heterocycles. The Morgan fingerprint density at radius 3 is 2.32 bits per heavy atom. The third-order valence-corrected chi connectivity index (χ3v) is 4.54. The molecule has 31 heavy (non-hydrogen) atoms. The molecule has 0 fully saturated rings. The van der Waals surface area contributed by atoms with Crippen molar-refractivity contribution in [3.63, 3.8) is 0 Å². The van der Waals surface area contributed by atoms with Gasteiger partial charge >= 0.3 is 0 Å². The first-order chi connectivity index (χ1) is 14.3. The van der Waals surface area contributed by atoms with Gasteiger partial charge in [0, 0.05) is 11.2 Å². The van der Waals surface area contributed by atoms with Crippen LogP contribution in [0.3, 0.4) is 0 Å². The predicted octanol–water partition coefficient (Wildman–Crippen LogP) is 5.85. The quantitative estimate of drug-likeness (QED) is 0.420. The summed E-state index contributed by atoms with van der Waals surface area (Å²) in [6.07, 6.45) is 1.66. The lowest BCUT2D eigenvalue weighted by molar-refractivity contribution is 0.411. The molecule has 0 amide bonds. The summed E-state index contributed by atoms with van der Waals surface area (Å²) < 4.78 is 21.3. The molecular formula is C23H27FN6O. The van der Waals surface area contributed by atoms with E-state index in [2.05, 4.69) is 25.6 Å². The lowest BCUT2D eigenvalue weighted by atomic mass is 10.1. The second-order valence-corrected chi connectivity index (χ2v) is 7.80. The van der Waals surface area contributed by atoms with E-state index in [1.807, 2.05) is 49.6 Å². The average Bonchev–Trinajstić information content (AvgIpc) is 3.08.